The van der Waals surface area contributed by atoms with Gasteiger partial charge in [-0.1, -0.05) is 11.8 Å². The van der Waals surface area contributed by atoms with E-state index in [1.54, 1.807) is 0 Å². The van der Waals surface area contributed by atoms with Crippen molar-refractivity contribution >= 4 is 11.6 Å². The summed E-state index contributed by atoms with van der Waals surface area (Å²) < 4.78 is 1.89. The zero-order valence-corrected chi connectivity index (χ0v) is 8.73. The van der Waals surface area contributed by atoms with E-state index in [2.05, 4.69) is 23.9 Å². The Morgan fingerprint density at radius 1 is 1.62 bits per heavy atom. The van der Waals surface area contributed by atoms with Gasteiger partial charge in [0, 0.05) is 25.0 Å². The van der Waals surface area contributed by atoms with Crippen molar-refractivity contribution in [2.75, 3.05) is 5.88 Å². The summed E-state index contributed by atoms with van der Waals surface area (Å²) in [6, 6.07) is 0. The van der Waals surface area contributed by atoms with Gasteiger partial charge in [-0.2, -0.15) is 5.10 Å². The molecule has 1 rings (SSSR count). The van der Waals surface area contributed by atoms with E-state index >= 15 is 0 Å². The fraction of sp³-hybridized carbons (Fsp3) is 0.500. The van der Waals surface area contributed by atoms with Gasteiger partial charge >= 0.3 is 0 Å². The third kappa shape index (κ3) is 2.78. The molecule has 1 aromatic rings. The van der Waals surface area contributed by atoms with Crippen molar-refractivity contribution in [1.29, 1.82) is 0 Å². The van der Waals surface area contributed by atoms with Crippen LogP contribution in [-0.4, -0.2) is 15.7 Å². The topological polar surface area (TPSA) is 17.8 Å². The Balaban J connectivity index is 2.78. The summed E-state index contributed by atoms with van der Waals surface area (Å²) in [6.45, 7) is 4.91. The number of rotatable bonds is 2. The van der Waals surface area contributed by atoms with E-state index in [1.165, 1.54) is 0 Å². The standard InChI is InChI=1S/C10H13ClN2/c1-3-13-8-10(9(2)12-13)6-4-5-7-11/h8H,3,5,7H2,1-2H3. The molecule has 3 heteroatoms. The minimum atomic E-state index is 0.591. The quantitative estimate of drug-likeness (QED) is 0.524. The molecule has 0 aliphatic carbocycles. The first kappa shape index (κ1) is 10.1. The molecule has 0 unspecified atom stereocenters. The number of alkyl halides is 1. The fourth-order valence-electron chi connectivity index (χ4n) is 1.01. The van der Waals surface area contributed by atoms with Crippen molar-refractivity contribution in [2.45, 2.75) is 26.8 Å². The molecule has 0 aliphatic rings. The summed E-state index contributed by atoms with van der Waals surface area (Å²) in [7, 11) is 0. The van der Waals surface area contributed by atoms with E-state index in [1.807, 2.05) is 17.8 Å². The largest absolute Gasteiger partial charge is 0.271 e. The van der Waals surface area contributed by atoms with Crippen LogP contribution in [-0.2, 0) is 6.54 Å². The summed E-state index contributed by atoms with van der Waals surface area (Å²) in [5, 5.41) is 4.29. The third-order valence-corrected chi connectivity index (χ3v) is 1.90. The van der Waals surface area contributed by atoms with Crippen molar-refractivity contribution in [3.05, 3.63) is 17.5 Å². The molecule has 0 fully saturated rings. The number of hydrogen-bond donors (Lipinski definition) is 0. The maximum Gasteiger partial charge on any atom is 0.0750 e. The molecule has 1 heterocycles. The maximum atomic E-state index is 5.52. The van der Waals surface area contributed by atoms with Gasteiger partial charge in [-0.15, -0.1) is 11.6 Å². The first-order valence-electron chi connectivity index (χ1n) is 4.36. The van der Waals surface area contributed by atoms with Crippen molar-refractivity contribution < 1.29 is 0 Å². The van der Waals surface area contributed by atoms with E-state index in [0.29, 0.717) is 5.88 Å². The molecule has 13 heavy (non-hydrogen) atoms. The highest BCUT2D eigenvalue weighted by molar-refractivity contribution is 6.18. The van der Waals surface area contributed by atoms with Gasteiger partial charge in [-0.25, -0.2) is 0 Å². The minimum Gasteiger partial charge on any atom is -0.271 e. The van der Waals surface area contributed by atoms with Crippen LogP contribution in [0.1, 0.15) is 24.6 Å². The predicted octanol–water partition coefficient (Wildman–Crippen LogP) is 2.19. The Labute approximate surface area is 83.9 Å². The van der Waals surface area contributed by atoms with Crippen LogP contribution in [0.2, 0.25) is 0 Å². The molecule has 2 nitrogen and oxygen atoms in total. The monoisotopic (exact) mass is 196 g/mol. The van der Waals surface area contributed by atoms with Gasteiger partial charge in [0.05, 0.1) is 11.3 Å². The van der Waals surface area contributed by atoms with Crippen LogP contribution >= 0.6 is 11.6 Å². The van der Waals surface area contributed by atoms with Crippen molar-refractivity contribution in [2.24, 2.45) is 0 Å². The molecule has 0 amide bonds. The fourth-order valence-corrected chi connectivity index (χ4v) is 1.10. The zero-order chi connectivity index (χ0) is 9.68. The smallest absolute Gasteiger partial charge is 0.0750 e. The molecule has 0 aliphatic heterocycles. The van der Waals surface area contributed by atoms with Gasteiger partial charge in [0.2, 0.25) is 0 Å². The van der Waals surface area contributed by atoms with E-state index < -0.39 is 0 Å². The Morgan fingerprint density at radius 2 is 2.38 bits per heavy atom. The van der Waals surface area contributed by atoms with Crippen LogP contribution < -0.4 is 0 Å². The Morgan fingerprint density at radius 3 is 2.92 bits per heavy atom. The summed E-state index contributed by atoms with van der Waals surface area (Å²) >= 11 is 5.52. The molecule has 1 aromatic heterocycles. The number of halogens is 1. The molecule has 0 spiro atoms. The third-order valence-electron chi connectivity index (χ3n) is 1.71. The Bertz CT molecular complexity index is 330. The first-order chi connectivity index (χ1) is 6.27. The SMILES string of the molecule is CCn1cc(C#CCCCl)c(C)n1. The normalized spacial score (nSPS) is 9.46. The van der Waals surface area contributed by atoms with Crippen LogP contribution in [0, 0.1) is 18.8 Å². The summed E-state index contributed by atoms with van der Waals surface area (Å²) in [6.07, 6.45) is 2.70. The minimum absolute atomic E-state index is 0.591. The molecule has 70 valence electrons. The molecule has 0 radical (unpaired) electrons. The predicted molar refractivity (Wildman–Crippen MR) is 54.9 cm³/mol. The molecule has 0 aromatic carbocycles. The van der Waals surface area contributed by atoms with E-state index in [9.17, 15) is 0 Å². The van der Waals surface area contributed by atoms with E-state index in [-0.39, 0.29) is 0 Å². The van der Waals surface area contributed by atoms with Gasteiger partial charge in [-0.3, -0.25) is 4.68 Å². The average molecular weight is 197 g/mol. The molecule has 0 saturated carbocycles. The van der Waals surface area contributed by atoms with Gasteiger partial charge < -0.3 is 0 Å². The lowest BCUT2D eigenvalue weighted by Gasteiger charge is -1.88. The second-order valence-corrected chi connectivity index (χ2v) is 3.10. The van der Waals surface area contributed by atoms with Crippen molar-refractivity contribution in [3.8, 4) is 11.8 Å². The van der Waals surface area contributed by atoms with Gasteiger partial charge in [0.1, 0.15) is 0 Å². The lowest BCUT2D eigenvalue weighted by atomic mass is 10.2. The first-order valence-corrected chi connectivity index (χ1v) is 4.90. The van der Waals surface area contributed by atoms with Gasteiger partial charge in [0.25, 0.3) is 0 Å². The molecular weight excluding hydrogens is 184 g/mol. The Hall–Kier alpha value is -0.940. The maximum absolute atomic E-state index is 5.52. The average Bonchev–Trinajstić information content (AvgIpc) is 2.48. The zero-order valence-electron chi connectivity index (χ0n) is 7.97. The lowest BCUT2D eigenvalue weighted by Crippen LogP contribution is -1.93. The Kier molecular flexibility index (Phi) is 3.85. The number of nitrogens with zero attached hydrogens (tertiary/aromatic N) is 2. The van der Waals surface area contributed by atoms with E-state index in [0.717, 1.165) is 24.2 Å². The summed E-state index contributed by atoms with van der Waals surface area (Å²) in [4.78, 5) is 0. The number of aromatic nitrogens is 2. The van der Waals surface area contributed by atoms with Crippen LogP contribution in [0.3, 0.4) is 0 Å². The molecule has 0 atom stereocenters. The highest BCUT2D eigenvalue weighted by Crippen LogP contribution is 2.03. The second-order valence-electron chi connectivity index (χ2n) is 2.72. The highest BCUT2D eigenvalue weighted by Gasteiger charge is 1.99. The van der Waals surface area contributed by atoms with Crippen LogP contribution in [0.15, 0.2) is 6.20 Å². The van der Waals surface area contributed by atoms with Crippen LogP contribution in [0.4, 0.5) is 0 Å². The molecular formula is C10H13ClN2. The molecule has 0 N–H and O–H groups in total. The van der Waals surface area contributed by atoms with Crippen molar-refractivity contribution in [3.63, 3.8) is 0 Å². The summed E-state index contributed by atoms with van der Waals surface area (Å²) in [5.74, 6) is 6.64. The highest BCUT2D eigenvalue weighted by atomic mass is 35.5. The van der Waals surface area contributed by atoms with Gasteiger partial charge in [0.15, 0.2) is 0 Å². The summed E-state index contributed by atoms with van der Waals surface area (Å²) in [5.41, 5.74) is 2.00. The van der Waals surface area contributed by atoms with E-state index in [4.69, 9.17) is 11.6 Å². The molecule has 0 bridgehead atoms. The van der Waals surface area contributed by atoms with Crippen LogP contribution in [0.25, 0.3) is 0 Å². The molecule has 0 saturated heterocycles. The second kappa shape index (κ2) is 4.94. The number of hydrogen-bond acceptors (Lipinski definition) is 1. The van der Waals surface area contributed by atoms with Crippen molar-refractivity contribution in [1.82, 2.24) is 9.78 Å². The van der Waals surface area contributed by atoms with Gasteiger partial charge in [-0.05, 0) is 13.8 Å². The lowest BCUT2D eigenvalue weighted by molar-refractivity contribution is 0.653. The van der Waals surface area contributed by atoms with Crippen LogP contribution in [0.5, 0.6) is 0 Å². The number of aryl methyl sites for hydroxylation is 2.